The van der Waals surface area contributed by atoms with Crippen LogP contribution in [0.5, 0.6) is 0 Å². The van der Waals surface area contributed by atoms with Crippen molar-refractivity contribution in [2.45, 2.75) is 6.92 Å². The molecule has 7 heteroatoms. The maximum atomic E-state index is 12.4. The number of carbonyl (C=O) groups excluding carboxylic acids is 2. The van der Waals surface area contributed by atoms with Crippen molar-refractivity contribution in [2.24, 2.45) is 0 Å². The van der Waals surface area contributed by atoms with Crippen molar-refractivity contribution < 1.29 is 9.59 Å². The summed E-state index contributed by atoms with van der Waals surface area (Å²) in [6.45, 7) is 2.42. The second-order valence-corrected chi connectivity index (χ2v) is 6.59. The number of amides is 3. The molecule has 5 N–H and O–H groups in total. The first-order valence-corrected chi connectivity index (χ1v) is 9.35. The molecule has 0 aliphatic carbocycles. The van der Waals surface area contributed by atoms with Gasteiger partial charge in [-0.05, 0) is 55.5 Å². The monoisotopic (exact) mass is 387 g/mol. The van der Waals surface area contributed by atoms with E-state index >= 15 is 0 Å². The Morgan fingerprint density at radius 2 is 1.86 bits per heavy atom. The number of hydrogen-bond donors (Lipinski definition) is 5. The van der Waals surface area contributed by atoms with Crippen molar-refractivity contribution in [3.05, 3.63) is 72.1 Å². The lowest BCUT2D eigenvalue weighted by Gasteiger charge is -2.11. The zero-order valence-corrected chi connectivity index (χ0v) is 15.9. The van der Waals surface area contributed by atoms with Gasteiger partial charge in [0.15, 0.2) is 0 Å². The largest absolute Gasteiger partial charge is 0.362 e. The fourth-order valence-corrected chi connectivity index (χ4v) is 3.18. The van der Waals surface area contributed by atoms with Crippen molar-refractivity contribution in [2.75, 3.05) is 22.5 Å². The van der Waals surface area contributed by atoms with Crippen molar-refractivity contribution in [3.8, 4) is 0 Å². The van der Waals surface area contributed by atoms with Gasteiger partial charge in [0, 0.05) is 41.1 Å². The number of rotatable bonds is 5. The minimum Gasteiger partial charge on any atom is -0.362 e. The minimum absolute atomic E-state index is 0.125. The first-order valence-electron chi connectivity index (χ1n) is 9.35. The molecule has 146 valence electrons. The summed E-state index contributed by atoms with van der Waals surface area (Å²) in [5.41, 5.74) is 5.47. The number of H-pyrrole nitrogens is 1. The van der Waals surface area contributed by atoms with E-state index in [-0.39, 0.29) is 11.9 Å². The van der Waals surface area contributed by atoms with E-state index in [1.807, 2.05) is 73.8 Å². The average molecular weight is 387 g/mol. The Morgan fingerprint density at radius 1 is 1.03 bits per heavy atom. The smallest absolute Gasteiger partial charge is 0.319 e. The van der Waals surface area contributed by atoms with Crippen LogP contribution in [0.3, 0.4) is 0 Å². The summed E-state index contributed by atoms with van der Waals surface area (Å²) >= 11 is 0. The lowest BCUT2D eigenvalue weighted by molar-refractivity contribution is -0.110. The van der Waals surface area contributed by atoms with Gasteiger partial charge in [0.25, 0.3) is 5.91 Å². The third-order valence-corrected chi connectivity index (χ3v) is 4.47. The van der Waals surface area contributed by atoms with Crippen LogP contribution in [0.4, 0.5) is 27.5 Å². The van der Waals surface area contributed by atoms with Crippen LogP contribution in [0.1, 0.15) is 18.2 Å². The Kier molecular flexibility index (Phi) is 5.03. The molecule has 0 saturated heterocycles. The maximum Gasteiger partial charge on any atom is 0.319 e. The Balaban J connectivity index is 1.53. The number of benzene rings is 2. The molecule has 0 unspecified atom stereocenters. The average Bonchev–Trinajstić information content (AvgIpc) is 3.30. The number of fused-ring (bicyclic) bond motifs is 1. The molecule has 0 atom stereocenters. The number of carbonyl (C=O) groups is 2. The van der Waals surface area contributed by atoms with Crippen LogP contribution < -0.4 is 21.3 Å². The number of aromatic nitrogens is 1. The predicted molar refractivity (Wildman–Crippen MR) is 116 cm³/mol. The third-order valence-electron chi connectivity index (χ3n) is 4.47. The van der Waals surface area contributed by atoms with Gasteiger partial charge in [-0.25, -0.2) is 4.79 Å². The zero-order chi connectivity index (χ0) is 20.2. The highest BCUT2D eigenvalue weighted by Crippen LogP contribution is 2.35. The van der Waals surface area contributed by atoms with Gasteiger partial charge in [-0.1, -0.05) is 12.1 Å². The molecular formula is C22H21N5O2. The molecular weight excluding hydrogens is 366 g/mol. The van der Waals surface area contributed by atoms with E-state index in [1.165, 1.54) is 0 Å². The van der Waals surface area contributed by atoms with Crippen molar-refractivity contribution in [3.63, 3.8) is 0 Å². The summed E-state index contributed by atoms with van der Waals surface area (Å²) in [6, 6.07) is 16.7. The molecule has 4 rings (SSSR count). The first kappa shape index (κ1) is 18.4. The number of anilines is 4. The van der Waals surface area contributed by atoms with Crippen molar-refractivity contribution >= 4 is 46.3 Å². The molecule has 0 bridgehead atoms. The van der Waals surface area contributed by atoms with E-state index in [1.54, 1.807) is 0 Å². The molecule has 7 nitrogen and oxygen atoms in total. The summed E-state index contributed by atoms with van der Waals surface area (Å²) < 4.78 is 0. The van der Waals surface area contributed by atoms with Gasteiger partial charge in [-0.2, -0.15) is 0 Å². The summed E-state index contributed by atoms with van der Waals surface area (Å²) in [4.78, 5) is 27.1. The standard InChI is InChI=1S/C22H21N5O2/c1-2-23-22(29)26-16-6-3-5-15(11-16)25-17-8-9-18-19(12-14-7-4-10-24-14)21(28)27-20(18)13-17/h3-13,24-25H,2H2,1H3,(H,27,28)(H2,23,26,29)/b19-12-. The lowest BCUT2D eigenvalue weighted by atomic mass is 10.1. The summed E-state index contributed by atoms with van der Waals surface area (Å²) in [7, 11) is 0. The molecule has 2 heterocycles. The molecule has 3 amide bonds. The van der Waals surface area contributed by atoms with Crippen molar-refractivity contribution in [1.29, 1.82) is 0 Å². The van der Waals surface area contributed by atoms with E-state index in [0.717, 1.165) is 28.3 Å². The maximum absolute atomic E-state index is 12.4. The highest BCUT2D eigenvalue weighted by Gasteiger charge is 2.24. The van der Waals surface area contributed by atoms with Crippen LogP contribution in [0.15, 0.2) is 60.8 Å². The van der Waals surface area contributed by atoms with Gasteiger partial charge in [-0.15, -0.1) is 0 Å². The van der Waals surface area contributed by atoms with Gasteiger partial charge < -0.3 is 26.3 Å². The summed E-state index contributed by atoms with van der Waals surface area (Å²) in [6.07, 6.45) is 3.66. The fraction of sp³-hybridized carbons (Fsp3) is 0.0909. The van der Waals surface area contributed by atoms with E-state index in [0.29, 0.717) is 17.8 Å². The topological polar surface area (TPSA) is 98.0 Å². The van der Waals surface area contributed by atoms with Crippen LogP contribution in [-0.4, -0.2) is 23.5 Å². The van der Waals surface area contributed by atoms with Crippen molar-refractivity contribution in [1.82, 2.24) is 10.3 Å². The normalized spacial score (nSPS) is 13.7. The number of nitrogens with one attached hydrogen (secondary N) is 5. The molecule has 29 heavy (non-hydrogen) atoms. The number of aromatic amines is 1. The quantitative estimate of drug-likeness (QED) is 0.420. The van der Waals surface area contributed by atoms with E-state index < -0.39 is 0 Å². The Hall–Kier alpha value is -4.00. The predicted octanol–water partition coefficient (Wildman–Crippen LogP) is 4.39. The first-order chi connectivity index (χ1) is 14.1. The molecule has 3 aromatic rings. The van der Waals surface area contributed by atoms with Gasteiger partial charge >= 0.3 is 6.03 Å². The van der Waals surface area contributed by atoms with E-state index in [9.17, 15) is 9.59 Å². The molecule has 1 aliphatic heterocycles. The van der Waals surface area contributed by atoms with Gasteiger partial charge in [-0.3, -0.25) is 4.79 Å². The van der Waals surface area contributed by atoms with Crippen LogP contribution in [0.25, 0.3) is 11.6 Å². The molecule has 0 radical (unpaired) electrons. The lowest BCUT2D eigenvalue weighted by Crippen LogP contribution is -2.28. The minimum atomic E-state index is -0.244. The molecule has 1 aromatic heterocycles. The molecule has 0 spiro atoms. The Labute approximate surface area is 168 Å². The summed E-state index contributed by atoms with van der Waals surface area (Å²) in [5, 5.41) is 11.7. The molecule has 0 saturated carbocycles. The fourth-order valence-electron chi connectivity index (χ4n) is 3.18. The van der Waals surface area contributed by atoms with Gasteiger partial charge in [0.1, 0.15) is 0 Å². The SMILES string of the molecule is CCNC(=O)Nc1cccc(Nc2ccc3c(c2)NC(=O)/C3=C\c2ccc[nH]2)c1. The zero-order valence-electron chi connectivity index (χ0n) is 15.9. The van der Waals surface area contributed by atoms with Crippen LogP contribution in [0, 0.1) is 0 Å². The number of hydrogen-bond acceptors (Lipinski definition) is 3. The highest BCUT2D eigenvalue weighted by molar-refractivity contribution is 6.35. The van der Waals surface area contributed by atoms with Crippen LogP contribution in [-0.2, 0) is 4.79 Å². The second kappa shape index (κ2) is 7.93. The molecule has 1 aliphatic rings. The summed E-state index contributed by atoms with van der Waals surface area (Å²) in [5.74, 6) is -0.125. The van der Waals surface area contributed by atoms with Gasteiger partial charge in [0.05, 0.1) is 11.3 Å². The second-order valence-electron chi connectivity index (χ2n) is 6.59. The van der Waals surface area contributed by atoms with E-state index in [4.69, 9.17) is 0 Å². The Morgan fingerprint density at radius 3 is 2.66 bits per heavy atom. The Bertz CT molecular complexity index is 1090. The highest BCUT2D eigenvalue weighted by atomic mass is 16.2. The van der Waals surface area contributed by atoms with Crippen LogP contribution >= 0.6 is 0 Å². The van der Waals surface area contributed by atoms with Gasteiger partial charge in [0.2, 0.25) is 0 Å². The van der Waals surface area contributed by atoms with Crippen LogP contribution in [0.2, 0.25) is 0 Å². The molecule has 0 fully saturated rings. The molecule has 2 aromatic carbocycles. The number of urea groups is 1. The third kappa shape index (κ3) is 4.14. The van der Waals surface area contributed by atoms with E-state index in [2.05, 4.69) is 26.3 Å².